The fourth-order valence-corrected chi connectivity index (χ4v) is 0.700. The van der Waals surface area contributed by atoms with E-state index in [1.807, 2.05) is 12.3 Å². The maximum Gasteiger partial charge on any atom is 0.0242 e. The first-order valence-electron chi connectivity index (χ1n) is 1.76. The van der Waals surface area contributed by atoms with Gasteiger partial charge in [0.05, 0.1) is 0 Å². The Morgan fingerprint density at radius 3 is 3.00 bits per heavy atom. The molecule has 6 heavy (non-hydrogen) atoms. The fourth-order valence-electron chi connectivity index (χ4n) is 0.273. The largest absolute Gasteiger partial charge is 0.337 e. The maximum atomic E-state index is 3.00. The molecule has 1 heterocycles. The van der Waals surface area contributed by atoms with Gasteiger partial charge in [-0.05, 0) is 0 Å². The van der Waals surface area contributed by atoms with Crippen LogP contribution in [-0.4, -0.2) is 5.75 Å². The molecule has 0 aromatic rings. The van der Waals surface area contributed by atoms with Gasteiger partial charge in [-0.15, -0.1) is 0 Å². The summed E-state index contributed by atoms with van der Waals surface area (Å²) in [5.41, 5.74) is 0. The van der Waals surface area contributed by atoms with Crippen LogP contribution in [-0.2, 0) is 0 Å². The van der Waals surface area contributed by atoms with Crippen molar-refractivity contribution in [2.75, 3.05) is 5.75 Å². The van der Waals surface area contributed by atoms with Gasteiger partial charge in [0.2, 0.25) is 0 Å². The first-order chi connectivity index (χ1) is 3.00. The fraction of sp³-hybridized carbons (Fsp3) is 0.250. The molecule has 0 aliphatic carbocycles. The quantitative estimate of drug-likeness (QED) is 0.451. The number of nitrogens with one attached hydrogen (secondary N) is 1. The average Bonchev–Trinajstić information content (AvgIpc) is 1.72. The number of hydrogen-bond acceptors (Lipinski definition) is 2. The van der Waals surface area contributed by atoms with Crippen LogP contribution in [0.1, 0.15) is 0 Å². The van der Waals surface area contributed by atoms with Crippen LogP contribution >= 0.6 is 11.9 Å². The van der Waals surface area contributed by atoms with Crippen LogP contribution in [0.5, 0.6) is 0 Å². The van der Waals surface area contributed by atoms with Crippen molar-refractivity contribution in [3.05, 3.63) is 18.7 Å². The molecule has 32 valence electrons. The molecule has 0 bridgehead atoms. The molecule has 0 aromatic heterocycles. The van der Waals surface area contributed by atoms with Gasteiger partial charge in [0.25, 0.3) is 0 Å². The van der Waals surface area contributed by atoms with E-state index in [0.29, 0.717) is 0 Å². The molecular formula is C4H5NS. The molecule has 1 N–H and O–H groups in total. The molecule has 1 aliphatic heterocycles. The molecular weight excluding hydrogens is 94.1 g/mol. The normalized spacial score (nSPS) is 20.0. The number of hydrogen-bond donors (Lipinski definition) is 1. The van der Waals surface area contributed by atoms with Gasteiger partial charge in [0.1, 0.15) is 0 Å². The van der Waals surface area contributed by atoms with Gasteiger partial charge in [-0.25, -0.2) is 0 Å². The summed E-state index contributed by atoms with van der Waals surface area (Å²) in [5, 5.41) is 0. The van der Waals surface area contributed by atoms with Crippen molar-refractivity contribution in [1.82, 2.24) is 4.72 Å². The highest BCUT2D eigenvalue weighted by Gasteiger charge is 1.86. The second-order valence-electron chi connectivity index (χ2n) is 0.944. The predicted molar refractivity (Wildman–Crippen MR) is 28.0 cm³/mol. The van der Waals surface area contributed by atoms with E-state index >= 15 is 0 Å². The van der Waals surface area contributed by atoms with E-state index in [-0.39, 0.29) is 0 Å². The number of rotatable bonds is 0. The second-order valence-corrected chi connectivity index (χ2v) is 1.76. The predicted octanol–water partition coefficient (Wildman–Crippen LogP) is 0.833. The standard InChI is InChI=1S/C4H5NS/c1-2-4-6-5-3-1/h1,3,5H,4H2. The van der Waals surface area contributed by atoms with Gasteiger partial charge in [-0.2, -0.15) is 0 Å². The van der Waals surface area contributed by atoms with E-state index in [4.69, 9.17) is 0 Å². The smallest absolute Gasteiger partial charge is 0.0242 e. The minimum atomic E-state index is 0.969. The van der Waals surface area contributed by atoms with E-state index in [9.17, 15) is 0 Å². The van der Waals surface area contributed by atoms with Gasteiger partial charge < -0.3 is 4.72 Å². The maximum absolute atomic E-state index is 3.00. The summed E-state index contributed by atoms with van der Waals surface area (Å²) in [5.74, 6) is 0.969. The molecule has 0 saturated carbocycles. The minimum absolute atomic E-state index is 0.969. The highest BCUT2D eigenvalue weighted by molar-refractivity contribution is 7.97. The van der Waals surface area contributed by atoms with Crippen molar-refractivity contribution in [2.24, 2.45) is 0 Å². The van der Waals surface area contributed by atoms with Gasteiger partial charge in [-0.3, -0.25) is 0 Å². The Hall–Kier alpha value is -0.110. The van der Waals surface area contributed by atoms with Gasteiger partial charge in [0, 0.05) is 18.4 Å². The summed E-state index contributed by atoms with van der Waals surface area (Å²) < 4.78 is 2.96. The second kappa shape index (κ2) is 2.13. The van der Waals surface area contributed by atoms with E-state index in [0.717, 1.165) is 5.75 Å². The molecule has 0 saturated heterocycles. The summed E-state index contributed by atoms with van der Waals surface area (Å²) in [6.45, 7) is 0. The van der Waals surface area contributed by atoms with Crippen molar-refractivity contribution < 1.29 is 0 Å². The lowest BCUT2D eigenvalue weighted by Crippen LogP contribution is -1.97. The number of allylic oxidation sites excluding steroid dienone is 1. The third-order valence-corrected chi connectivity index (χ3v) is 1.12. The van der Waals surface area contributed by atoms with Crippen LogP contribution < -0.4 is 4.72 Å². The molecule has 0 spiro atoms. The van der Waals surface area contributed by atoms with Crippen LogP contribution in [0.15, 0.2) is 12.3 Å². The van der Waals surface area contributed by atoms with E-state index < -0.39 is 0 Å². The van der Waals surface area contributed by atoms with Crippen molar-refractivity contribution >= 4 is 11.9 Å². The first kappa shape index (κ1) is 4.06. The zero-order valence-corrected chi connectivity index (χ0v) is 4.09. The molecule has 1 rings (SSSR count). The third kappa shape index (κ3) is 0.937. The Bertz CT molecular complexity index is 52.6. The summed E-state index contributed by atoms with van der Waals surface area (Å²) in [4.78, 5) is 0. The van der Waals surface area contributed by atoms with Crippen LogP contribution in [0.2, 0.25) is 0 Å². The van der Waals surface area contributed by atoms with Gasteiger partial charge in [-0.1, -0.05) is 18.0 Å². The summed E-state index contributed by atoms with van der Waals surface area (Å²) in [7, 11) is 0. The molecule has 2 heteroatoms. The topological polar surface area (TPSA) is 12.0 Å². The van der Waals surface area contributed by atoms with Gasteiger partial charge >= 0.3 is 0 Å². The summed E-state index contributed by atoms with van der Waals surface area (Å²) in [6.07, 6.45) is 6.76. The first-order valence-corrected chi connectivity index (χ1v) is 2.74. The van der Waals surface area contributed by atoms with Crippen LogP contribution in [0, 0.1) is 6.42 Å². The highest BCUT2D eigenvalue weighted by Crippen LogP contribution is 2.00. The molecule has 2 radical (unpaired) electrons. The van der Waals surface area contributed by atoms with E-state index in [2.05, 4.69) is 11.1 Å². The molecule has 1 aliphatic rings. The molecule has 0 fully saturated rings. The van der Waals surface area contributed by atoms with Crippen molar-refractivity contribution in [1.29, 1.82) is 0 Å². The third-order valence-electron chi connectivity index (χ3n) is 0.508. The highest BCUT2D eigenvalue weighted by atomic mass is 32.2. The molecule has 1 nitrogen and oxygen atoms in total. The summed E-state index contributed by atoms with van der Waals surface area (Å²) >= 11 is 1.65. The lowest BCUT2D eigenvalue weighted by molar-refractivity contribution is 1.34. The van der Waals surface area contributed by atoms with E-state index in [1.165, 1.54) is 0 Å². The Morgan fingerprint density at radius 1 is 1.83 bits per heavy atom. The molecule has 0 unspecified atom stereocenters. The zero-order chi connectivity index (χ0) is 4.24. The SMILES string of the molecule is [C]1C=CNSC1. The Kier molecular flexibility index (Phi) is 1.44. The van der Waals surface area contributed by atoms with Crippen molar-refractivity contribution in [2.45, 2.75) is 0 Å². The van der Waals surface area contributed by atoms with Crippen molar-refractivity contribution in [3.63, 3.8) is 0 Å². The Labute approximate surface area is 41.9 Å². The average molecular weight is 99.2 g/mol. The molecule has 0 atom stereocenters. The lowest BCUT2D eigenvalue weighted by atomic mass is 10.5. The minimum Gasteiger partial charge on any atom is -0.337 e. The summed E-state index contributed by atoms with van der Waals surface area (Å²) in [6, 6.07) is 0. The van der Waals surface area contributed by atoms with Crippen LogP contribution in [0.3, 0.4) is 0 Å². The molecule has 0 aromatic carbocycles. The Morgan fingerprint density at radius 2 is 2.83 bits per heavy atom. The zero-order valence-electron chi connectivity index (χ0n) is 3.27. The van der Waals surface area contributed by atoms with Crippen LogP contribution in [0.4, 0.5) is 0 Å². The van der Waals surface area contributed by atoms with Gasteiger partial charge in [0.15, 0.2) is 0 Å². The van der Waals surface area contributed by atoms with E-state index in [1.54, 1.807) is 11.9 Å². The molecule has 0 amide bonds. The lowest BCUT2D eigenvalue weighted by Gasteiger charge is -2.00. The van der Waals surface area contributed by atoms with Crippen molar-refractivity contribution in [3.8, 4) is 0 Å². The van der Waals surface area contributed by atoms with Crippen LogP contribution in [0.25, 0.3) is 0 Å². The Balaban J connectivity index is 2.26. The monoisotopic (exact) mass is 99.0 g/mol.